The Morgan fingerprint density at radius 2 is 2.08 bits per heavy atom. The van der Waals surface area contributed by atoms with Crippen molar-refractivity contribution in [3.63, 3.8) is 0 Å². The van der Waals surface area contributed by atoms with Crippen LogP contribution in [0.4, 0.5) is 0 Å². The molecule has 0 amide bonds. The molecular weight excluding hydrogens is 152 g/mol. The van der Waals surface area contributed by atoms with Crippen LogP contribution in [-0.4, -0.2) is 10.1 Å². The molecule has 1 heterocycles. The predicted molar refractivity (Wildman–Crippen MR) is 47.4 cm³/mol. The van der Waals surface area contributed by atoms with Crippen LogP contribution >= 0.6 is 0 Å². The Balaban J connectivity index is 3.01. The Morgan fingerprint density at radius 3 is 2.58 bits per heavy atom. The topological polar surface area (TPSA) is 59.1 Å². The Morgan fingerprint density at radius 1 is 1.42 bits per heavy atom. The zero-order valence-electron chi connectivity index (χ0n) is 7.25. The molecule has 3 N–H and O–H groups in total. The van der Waals surface area contributed by atoms with Crippen LogP contribution in [0.2, 0.25) is 0 Å². The molecule has 1 aromatic heterocycles. The maximum Gasteiger partial charge on any atom is 0.0853 e. The molecule has 0 fully saturated rings. The summed E-state index contributed by atoms with van der Waals surface area (Å²) in [4.78, 5) is 4.21. The van der Waals surface area contributed by atoms with E-state index < -0.39 is 0 Å². The Labute approximate surface area is 72.2 Å². The first-order valence-corrected chi connectivity index (χ1v) is 4.09. The monoisotopic (exact) mass is 166 g/mol. The highest BCUT2D eigenvalue weighted by Crippen LogP contribution is 2.06. The second-order valence-electron chi connectivity index (χ2n) is 2.67. The van der Waals surface area contributed by atoms with Gasteiger partial charge in [0, 0.05) is 12.2 Å². The molecule has 0 atom stereocenters. The second-order valence-corrected chi connectivity index (χ2v) is 2.67. The molecule has 0 saturated heterocycles. The minimum atomic E-state index is -0.0131. The third kappa shape index (κ3) is 2.03. The van der Waals surface area contributed by atoms with Crippen LogP contribution in [0.25, 0.3) is 0 Å². The smallest absolute Gasteiger partial charge is 0.0853 e. The van der Waals surface area contributed by atoms with E-state index in [1.807, 2.05) is 19.1 Å². The number of aromatic nitrogens is 1. The van der Waals surface area contributed by atoms with E-state index in [2.05, 4.69) is 4.98 Å². The standard InChI is InChI=1S/C9H14N2O/c1-2-8-3-7(5-10)4-9(6-12)11-8/h3-4,12H,2,5-6,10H2,1H3. The van der Waals surface area contributed by atoms with Crippen molar-refractivity contribution in [1.29, 1.82) is 0 Å². The molecule has 66 valence electrons. The summed E-state index contributed by atoms with van der Waals surface area (Å²) >= 11 is 0. The quantitative estimate of drug-likeness (QED) is 0.691. The number of nitrogens with zero attached hydrogens (tertiary/aromatic N) is 1. The molecule has 0 radical (unpaired) electrons. The molecule has 0 bridgehead atoms. The predicted octanol–water partition coefficient (Wildman–Crippen LogP) is 0.595. The van der Waals surface area contributed by atoms with Crippen LogP contribution in [-0.2, 0) is 19.6 Å². The summed E-state index contributed by atoms with van der Waals surface area (Å²) < 4.78 is 0. The van der Waals surface area contributed by atoms with E-state index in [-0.39, 0.29) is 6.61 Å². The van der Waals surface area contributed by atoms with Crippen LogP contribution in [0.3, 0.4) is 0 Å². The maximum atomic E-state index is 8.87. The Bertz CT molecular complexity index is 205. The molecule has 0 spiro atoms. The lowest BCUT2D eigenvalue weighted by Crippen LogP contribution is -2.02. The molecule has 3 heteroatoms. The van der Waals surface area contributed by atoms with Gasteiger partial charge in [-0.15, -0.1) is 0 Å². The van der Waals surface area contributed by atoms with Crippen LogP contribution in [0, 0.1) is 0 Å². The minimum Gasteiger partial charge on any atom is -0.390 e. The first kappa shape index (κ1) is 9.16. The van der Waals surface area contributed by atoms with E-state index in [4.69, 9.17) is 10.8 Å². The molecule has 0 aliphatic carbocycles. The molecule has 1 rings (SSSR count). The average Bonchev–Trinajstić information content (AvgIpc) is 2.16. The SMILES string of the molecule is CCc1cc(CN)cc(CO)n1. The van der Waals surface area contributed by atoms with Crippen molar-refractivity contribution in [1.82, 2.24) is 4.98 Å². The van der Waals surface area contributed by atoms with Crippen molar-refractivity contribution in [2.75, 3.05) is 0 Å². The summed E-state index contributed by atoms with van der Waals surface area (Å²) in [6.07, 6.45) is 0.876. The summed E-state index contributed by atoms with van der Waals surface area (Å²) in [5, 5.41) is 8.87. The van der Waals surface area contributed by atoms with Gasteiger partial charge in [0.1, 0.15) is 0 Å². The van der Waals surface area contributed by atoms with Crippen molar-refractivity contribution in [3.05, 3.63) is 29.1 Å². The number of nitrogens with two attached hydrogens (primary N) is 1. The van der Waals surface area contributed by atoms with Gasteiger partial charge in [0.2, 0.25) is 0 Å². The van der Waals surface area contributed by atoms with E-state index in [1.165, 1.54) is 0 Å². The van der Waals surface area contributed by atoms with Gasteiger partial charge in [-0.3, -0.25) is 4.98 Å². The van der Waals surface area contributed by atoms with Crippen LogP contribution in [0.15, 0.2) is 12.1 Å². The van der Waals surface area contributed by atoms with Crippen molar-refractivity contribution in [2.45, 2.75) is 26.5 Å². The highest BCUT2D eigenvalue weighted by Gasteiger charge is 1.98. The maximum absolute atomic E-state index is 8.87. The van der Waals surface area contributed by atoms with E-state index in [9.17, 15) is 0 Å². The fourth-order valence-corrected chi connectivity index (χ4v) is 1.10. The lowest BCUT2D eigenvalue weighted by molar-refractivity contribution is 0.276. The normalized spacial score (nSPS) is 10.2. The first-order valence-electron chi connectivity index (χ1n) is 4.09. The first-order chi connectivity index (χ1) is 5.80. The number of aryl methyl sites for hydroxylation is 1. The van der Waals surface area contributed by atoms with E-state index in [1.54, 1.807) is 0 Å². The van der Waals surface area contributed by atoms with E-state index in [0.717, 1.165) is 17.7 Å². The second kappa shape index (κ2) is 4.18. The molecule has 0 saturated carbocycles. The minimum absolute atomic E-state index is 0.0131. The van der Waals surface area contributed by atoms with Gasteiger partial charge in [0.15, 0.2) is 0 Å². The van der Waals surface area contributed by atoms with Crippen LogP contribution < -0.4 is 5.73 Å². The molecule has 0 aromatic carbocycles. The third-order valence-electron chi connectivity index (χ3n) is 1.75. The molecule has 3 nitrogen and oxygen atoms in total. The molecule has 0 aliphatic heterocycles. The molecule has 1 aromatic rings. The summed E-state index contributed by atoms with van der Waals surface area (Å²) in [5.74, 6) is 0. The van der Waals surface area contributed by atoms with Gasteiger partial charge in [-0.2, -0.15) is 0 Å². The van der Waals surface area contributed by atoms with Gasteiger partial charge in [0.05, 0.1) is 12.3 Å². The van der Waals surface area contributed by atoms with Gasteiger partial charge in [0.25, 0.3) is 0 Å². The van der Waals surface area contributed by atoms with E-state index >= 15 is 0 Å². The number of hydrogen-bond donors (Lipinski definition) is 2. The van der Waals surface area contributed by atoms with Gasteiger partial charge in [-0.1, -0.05) is 6.92 Å². The average molecular weight is 166 g/mol. The largest absolute Gasteiger partial charge is 0.390 e. The zero-order valence-corrected chi connectivity index (χ0v) is 7.25. The number of aliphatic hydroxyl groups is 1. The highest BCUT2D eigenvalue weighted by atomic mass is 16.3. The zero-order chi connectivity index (χ0) is 8.97. The lowest BCUT2D eigenvalue weighted by atomic mass is 10.1. The number of aliphatic hydroxyl groups excluding tert-OH is 1. The Hall–Kier alpha value is -0.930. The van der Waals surface area contributed by atoms with Crippen molar-refractivity contribution >= 4 is 0 Å². The molecule has 0 aliphatic rings. The third-order valence-corrected chi connectivity index (χ3v) is 1.75. The lowest BCUT2D eigenvalue weighted by Gasteiger charge is -2.03. The van der Waals surface area contributed by atoms with Gasteiger partial charge >= 0.3 is 0 Å². The molecule has 12 heavy (non-hydrogen) atoms. The fourth-order valence-electron chi connectivity index (χ4n) is 1.10. The van der Waals surface area contributed by atoms with Gasteiger partial charge in [-0.25, -0.2) is 0 Å². The summed E-state index contributed by atoms with van der Waals surface area (Å²) in [5.41, 5.74) is 8.21. The van der Waals surface area contributed by atoms with Crippen molar-refractivity contribution in [3.8, 4) is 0 Å². The molecular formula is C9H14N2O. The fraction of sp³-hybridized carbons (Fsp3) is 0.444. The van der Waals surface area contributed by atoms with Crippen molar-refractivity contribution < 1.29 is 5.11 Å². The molecule has 0 unspecified atom stereocenters. The summed E-state index contributed by atoms with van der Waals surface area (Å²) in [6, 6.07) is 3.80. The number of rotatable bonds is 3. The van der Waals surface area contributed by atoms with Gasteiger partial charge in [-0.05, 0) is 24.1 Å². The van der Waals surface area contributed by atoms with Gasteiger partial charge < -0.3 is 10.8 Å². The summed E-state index contributed by atoms with van der Waals surface area (Å²) in [7, 11) is 0. The number of pyridine rings is 1. The van der Waals surface area contributed by atoms with E-state index in [0.29, 0.717) is 12.2 Å². The van der Waals surface area contributed by atoms with Crippen LogP contribution in [0.5, 0.6) is 0 Å². The van der Waals surface area contributed by atoms with Crippen molar-refractivity contribution in [2.24, 2.45) is 5.73 Å². The number of hydrogen-bond acceptors (Lipinski definition) is 3. The highest BCUT2D eigenvalue weighted by molar-refractivity contribution is 5.21. The Kier molecular flexibility index (Phi) is 3.19. The summed E-state index contributed by atoms with van der Waals surface area (Å²) in [6.45, 7) is 2.52. The van der Waals surface area contributed by atoms with Crippen LogP contribution in [0.1, 0.15) is 23.9 Å².